The van der Waals surface area contributed by atoms with Crippen LogP contribution in [0.2, 0.25) is 0 Å². The summed E-state index contributed by atoms with van der Waals surface area (Å²) in [5, 5.41) is 0. The number of aromatic nitrogens is 4. The molecular weight excluding hydrogens is 385 g/mol. The van der Waals surface area contributed by atoms with E-state index >= 15 is 0 Å². The number of alkyl halides is 3. The summed E-state index contributed by atoms with van der Waals surface area (Å²) >= 11 is 0. The summed E-state index contributed by atoms with van der Waals surface area (Å²) in [4.78, 5) is 0. The van der Waals surface area contributed by atoms with Crippen LogP contribution in [0.5, 0.6) is 0 Å². The monoisotopic (exact) mass is 406 g/mol. The lowest BCUT2D eigenvalue weighted by atomic mass is 10.7. The van der Waals surface area contributed by atoms with Crippen molar-refractivity contribution in [1.82, 2.24) is 9.13 Å². The van der Waals surface area contributed by atoms with Gasteiger partial charge in [0.05, 0.1) is 27.2 Å². The topological polar surface area (TPSA) is 74.8 Å². The van der Waals surface area contributed by atoms with E-state index in [0.717, 1.165) is 13.1 Å². The molecule has 0 unspecified atom stereocenters. The summed E-state index contributed by atoms with van der Waals surface area (Å²) in [6.07, 6.45) is 12.3. The van der Waals surface area contributed by atoms with Crippen molar-refractivity contribution in [2.45, 2.75) is 32.4 Å². The highest BCUT2D eigenvalue weighted by Gasteiger charge is 2.36. The molecule has 0 radical (unpaired) electrons. The Kier molecular flexibility index (Phi) is 11.4. The molecular formula is C13H22ClF3N4O3S. The molecule has 0 saturated heterocycles. The van der Waals surface area contributed by atoms with Gasteiger partial charge in [-0.15, -0.1) is 0 Å². The van der Waals surface area contributed by atoms with Crippen molar-refractivity contribution in [2.24, 2.45) is 14.1 Å². The standard InChI is InChI=1S/2C6H11N2.CHF3O3S.ClH/c2*1-3-8-5-4-7(2)6-8;2-1(3,4)8(5,6)7;/h2*4-6H,3H2,1-2H3;(H,5,6,7);1H/q2*+1;;/p-2. The molecule has 0 aliphatic heterocycles. The highest BCUT2D eigenvalue weighted by Crippen LogP contribution is 2.20. The minimum Gasteiger partial charge on any atom is -1.00 e. The molecule has 0 fully saturated rings. The fourth-order valence-corrected chi connectivity index (χ4v) is 1.38. The molecule has 2 aromatic rings. The molecule has 25 heavy (non-hydrogen) atoms. The van der Waals surface area contributed by atoms with Gasteiger partial charge < -0.3 is 17.0 Å². The predicted molar refractivity (Wildman–Crippen MR) is 78.3 cm³/mol. The van der Waals surface area contributed by atoms with Gasteiger partial charge in [0.25, 0.3) is 0 Å². The largest absolute Gasteiger partial charge is 1.00 e. The maximum Gasteiger partial charge on any atom is 0.485 e. The molecule has 0 aliphatic carbocycles. The lowest BCUT2D eigenvalue weighted by molar-refractivity contribution is -0.671. The van der Waals surface area contributed by atoms with E-state index in [1.165, 1.54) is 0 Å². The van der Waals surface area contributed by atoms with Gasteiger partial charge in [-0.05, 0) is 13.8 Å². The van der Waals surface area contributed by atoms with Crippen molar-refractivity contribution in [3.8, 4) is 0 Å². The minimum absolute atomic E-state index is 0. The maximum absolute atomic E-state index is 10.7. The van der Waals surface area contributed by atoms with Crippen LogP contribution < -0.4 is 21.5 Å². The van der Waals surface area contributed by atoms with Crippen molar-refractivity contribution in [3.05, 3.63) is 37.4 Å². The molecule has 0 aromatic carbocycles. The average Bonchev–Trinajstić information content (AvgIpc) is 3.06. The van der Waals surface area contributed by atoms with E-state index in [-0.39, 0.29) is 12.4 Å². The molecule has 0 spiro atoms. The smallest absolute Gasteiger partial charge is 0.485 e. The average molecular weight is 407 g/mol. The van der Waals surface area contributed by atoms with Gasteiger partial charge in [0.2, 0.25) is 12.7 Å². The molecule has 146 valence electrons. The minimum atomic E-state index is -6.09. The molecule has 2 rings (SSSR count). The van der Waals surface area contributed by atoms with Gasteiger partial charge in [-0.1, -0.05) is 0 Å². The van der Waals surface area contributed by atoms with Crippen molar-refractivity contribution in [3.63, 3.8) is 0 Å². The first kappa shape index (κ1) is 25.6. The van der Waals surface area contributed by atoms with Gasteiger partial charge in [-0.25, -0.2) is 26.7 Å². The molecule has 0 saturated carbocycles. The van der Waals surface area contributed by atoms with E-state index < -0.39 is 15.6 Å². The first-order valence-corrected chi connectivity index (χ1v) is 8.35. The van der Waals surface area contributed by atoms with Gasteiger partial charge in [0, 0.05) is 0 Å². The van der Waals surface area contributed by atoms with Gasteiger partial charge in [0.15, 0.2) is 10.1 Å². The molecule has 7 nitrogen and oxygen atoms in total. The molecule has 2 aromatic heterocycles. The van der Waals surface area contributed by atoms with E-state index in [2.05, 4.69) is 48.0 Å². The summed E-state index contributed by atoms with van der Waals surface area (Å²) in [6, 6.07) is 0. The molecule has 0 aliphatic rings. The quantitative estimate of drug-likeness (QED) is 0.320. The third-order valence-electron chi connectivity index (χ3n) is 2.66. The first-order chi connectivity index (χ1) is 10.9. The van der Waals surface area contributed by atoms with Crippen molar-refractivity contribution < 1.29 is 47.7 Å². The fraction of sp³-hybridized carbons (Fsp3) is 0.538. The molecule has 2 heterocycles. The Morgan fingerprint density at radius 1 is 0.960 bits per heavy atom. The summed E-state index contributed by atoms with van der Waals surface area (Å²) in [6.45, 7) is 6.36. The van der Waals surface area contributed by atoms with Crippen LogP contribution >= 0.6 is 0 Å². The zero-order chi connectivity index (χ0) is 19.0. The Hall–Kier alpha value is -1.59. The highest BCUT2D eigenvalue weighted by atomic mass is 35.5. The van der Waals surface area contributed by atoms with Crippen LogP contribution in [0.25, 0.3) is 0 Å². The van der Waals surface area contributed by atoms with E-state index in [1.807, 2.05) is 35.6 Å². The summed E-state index contributed by atoms with van der Waals surface area (Å²) in [5.74, 6) is 0. The van der Waals surface area contributed by atoms with Gasteiger partial charge >= 0.3 is 5.51 Å². The first-order valence-electron chi connectivity index (χ1n) is 6.94. The molecule has 0 N–H and O–H groups in total. The number of nitrogens with zero attached hydrogens (tertiary/aromatic N) is 4. The number of imidazole rings is 2. The second-order valence-corrected chi connectivity index (χ2v) is 6.09. The lowest BCUT2D eigenvalue weighted by Crippen LogP contribution is -3.00. The van der Waals surface area contributed by atoms with E-state index in [1.54, 1.807) is 0 Å². The molecule has 0 amide bonds. The molecule has 0 atom stereocenters. The van der Waals surface area contributed by atoms with Crippen LogP contribution in [0.3, 0.4) is 0 Å². The Bertz CT molecular complexity index is 674. The Morgan fingerprint density at radius 2 is 1.24 bits per heavy atom. The summed E-state index contributed by atoms with van der Waals surface area (Å²) in [5.41, 5.74) is -5.65. The Labute approximate surface area is 151 Å². The van der Waals surface area contributed by atoms with Crippen LogP contribution in [0, 0.1) is 0 Å². The third-order valence-corrected chi connectivity index (χ3v) is 3.23. The van der Waals surface area contributed by atoms with Crippen LogP contribution in [-0.2, 0) is 37.3 Å². The van der Waals surface area contributed by atoms with E-state index in [0.29, 0.717) is 0 Å². The maximum atomic E-state index is 10.7. The zero-order valence-corrected chi connectivity index (χ0v) is 15.9. The van der Waals surface area contributed by atoms with E-state index in [9.17, 15) is 13.2 Å². The van der Waals surface area contributed by atoms with Crippen LogP contribution in [0.4, 0.5) is 13.2 Å². The second kappa shape index (κ2) is 11.1. The number of rotatable bonds is 2. The van der Waals surface area contributed by atoms with Gasteiger partial charge in [-0.2, -0.15) is 13.2 Å². The third kappa shape index (κ3) is 10.8. The van der Waals surface area contributed by atoms with Crippen molar-refractivity contribution in [1.29, 1.82) is 0 Å². The van der Waals surface area contributed by atoms with Crippen LogP contribution in [0.1, 0.15) is 13.8 Å². The van der Waals surface area contributed by atoms with Gasteiger partial charge in [0.1, 0.15) is 24.8 Å². The molecule has 12 heteroatoms. The van der Waals surface area contributed by atoms with Crippen LogP contribution in [-0.4, -0.2) is 27.6 Å². The van der Waals surface area contributed by atoms with Crippen molar-refractivity contribution in [2.75, 3.05) is 0 Å². The Morgan fingerprint density at radius 3 is 1.32 bits per heavy atom. The number of halogens is 4. The number of hydrogen-bond donors (Lipinski definition) is 0. The van der Waals surface area contributed by atoms with E-state index in [4.69, 9.17) is 13.0 Å². The Balaban J connectivity index is 0. The SMILES string of the molecule is CCn1cc[n+](C)c1.CCn1cc[n+](C)c1.O=S(=O)([O-])C(F)(F)F.[Cl-]. The number of aryl methyl sites for hydroxylation is 4. The summed E-state index contributed by atoms with van der Waals surface area (Å²) < 4.78 is 67.2. The summed E-state index contributed by atoms with van der Waals surface area (Å²) in [7, 11) is -2.05. The number of hydrogen-bond acceptors (Lipinski definition) is 3. The predicted octanol–water partition coefficient (Wildman–Crippen LogP) is -2.28. The normalized spacial score (nSPS) is 10.7. The second-order valence-electron chi connectivity index (χ2n) is 4.72. The fourth-order valence-electron chi connectivity index (χ4n) is 1.38. The van der Waals surface area contributed by atoms with Crippen LogP contribution in [0.15, 0.2) is 37.4 Å². The zero-order valence-electron chi connectivity index (χ0n) is 14.3. The molecule has 0 bridgehead atoms. The highest BCUT2D eigenvalue weighted by molar-refractivity contribution is 7.86. The van der Waals surface area contributed by atoms with Gasteiger partial charge in [-0.3, -0.25) is 0 Å². The van der Waals surface area contributed by atoms with Crippen molar-refractivity contribution >= 4 is 10.1 Å². The lowest BCUT2D eigenvalue weighted by Gasteiger charge is -2.08.